The van der Waals surface area contributed by atoms with Gasteiger partial charge in [0.15, 0.2) is 12.2 Å². The monoisotopic (exact) mass is 578 g/mol. The first kappa shape index (κ1) is 32.6. The Morgan fingerprint density at radius 2 is 1.12 bits per heavy atom. The van der Waals surface area contributed by atoms with Crippen molar-refractivity contribution in [2.75, 3.05) is 39.6 Å². The standard InChI is InChI=1S/C34H42O8/c1-8-26-13-14-31-32(15-26)34(40-21-28(42-25(7)36)19-38-17-23(4)5)30-12-10-9-11-29(30)33(31)39-20-27(41-24(6)35)18-37-16-22(2)3/h9-15,27-28H,2,4,8,16-21H2,1,3,5-7H3. The van der Waals surface area contributed by atoms with E-state index in [2.05, 4.69) is 32.2 Å². The molecule has 42 heavy (non-hydrogen) atoms. The molecule has 0 heterocycles. The van der Waals surface area contributed by atoms with Crippen LogP contribution in [0.2, 0.25) is 0 Å². The van der Waals surface area contributed by atoms with Crippen molar-refractivity contribution in [3.8, 4) is 11.5 Å². The molecule has 226 valence electrons. The molecule has 0 aliphatic rings. The van der Waals surface area contributed by atoms with E-state index in [4.69, 9.17) is 28.4 Å². The summed E-state index contributed by atoms with van der Waals surface area (Å²) in [7, 11) is 0. The predicted molar refractivity (Wildman–Crippen MR) is 164 cm³/mol. The average Bonchev–Trinajstić information content (AvgIpc) is 2.93. The number of carbonyl (C=O) groups excluding carboxylic acids is 2. The SMILES string of the molecule is C=C(C)COCC(COc1c2ccccc2c(OCC(COCC(=C)C)OC(C)=O)c2cc(CC)ccc12)OC(C)=O. The van der Waals surface area contributed by atoms with Crippen LogP contribution < -0.4 is 9.47 Å². The molecule has 0 fully saturated rings. The molecule has 0 spiro atoms. The lowest BCUT2D eigenvalue weighted by Crippen LogP contribution is -2.29. The molecule has 0 aliphatic carbocycles. The summed E-state index contributed by atoms with van der Waals surface area (Å²) in [5, 5.41) is 3.36. The van der Waals surface area contributed by atoms with Crippen LogP contribution in [0.15, 0.2) is 66.8 Å². The van der Waals surface area contributed by atoms with Crippen LogP contribution in [0.4, 0.5) is 0 Å². The van der Waals surface area contributed by atoms with E-state index < -0.39 is 24.1 Å². The molecule has 0 aliphatic heterocycles. The van der Waals surface area contributed by atoms with E-state index in [-0.39, 0.29) is 26.4 Å². The van der Waals surface area contributed by atoms with Crippen molar-refractivity contribution in [2.24, 2.45) is 0 Å². The molecule has 3 aromatic carbocycles. The van der Waals surface area contributed by atoms with Crippen molar-refractivity contribution in [1.82, 2.24) is 0 Å². The van der Waals surface area contributed by atoms with Crippen molar-refractivity contribution in [3.05, 3.63) is 72.3 Å². The van der Waals surface area contributed by atoms with Gasteiger partial charge in [-0.2, -0.15) is 0 Å². The summed E-state index contributed by atoms with van der Waals surface area (Å²) in [6.07, 6.45) is -0.382. The summed E-state index contributed by atoms with van der Waals surface area (Å²) < 4.78 is 35.1. The summed E-state index contributed by atoms with van der Waals surface area (Å²) in [5.41, 5.74) is 2.87. The Morgan fingerprint density at radius 1 is 0.667 bits per heavy atom. The Labute approximate surface area is 248 Å². The minimum Gasteiger partial charge on any atom is -0.488 e. The largest absolute Gasteiger partial charge is 0.488 e. The summed E-state index contributed by atoms with van der Waals surface area (Å²) in [5.74, 6) is 0.475. The molecule has 3 rings (SSSR count). The molecule has 0 bridgehead atoms. The molecule has 8 heteroatoms. The van der Waals surface area contributed by atoms with Crippen LogP contribution in [0.3, 0.4) is 0 Å². The van der Waals surface area contributed by atoms with E-state index >= 15 is 0 Å². The second-order valence-corrected chi connectivity index (χ2v) is 10.5. The second kappa shape index (κ2) is 15.9. The summed E-state index contributed by atoms with van der Waals surface area (Å²) >= 11 is 0. The predicted octanol–water partition coefficient (Wildman–Crippen LogP) is 6.36. The minimum absolute atomic E-state index is 0.0964. The highest BCUT2D eigenvalue weighted by Crippen LogP contribution is 2.43. The Balaban J connectivity index is 2.00. The highest BCUT2D eigenvalue weighted by Gasteiger charge is 2.21. The van der Waals surface area contributed by atoms with Crippen LogP contribution in [0, 0.1) is 0 Å². The zero-order valence-corrected chi connectivity index (χ0v) is 25.3. The van der Waals surface area contributed by atoms with Gasteiger partial charge in [0.05, 0.1) is 26.4 Å². The molecule has 0 amide bonds. The first-order valence-electron chi connectivity index (χ1n) is 14.1. The number of esters is 2. The smallest absolute Gasteiger partial charge is 0.303 e. The van der Waals surface area contributed by atoms with Crippen LogP contribution >= 0.6 is 0 Å². The van der Waals surface area contributed by atoms with Crippen molar-refractivity contribution < 1.29 is 38.0 Å². The van der Waals surface area contributed by atoms with Crippen molar-refractivity contribution in [3.63, 3.8) is 0 Å². The van der Waals surface area contributed by atoms with Crippen molar-refractivity contribution in [2.45, 2.75) is 53.2 Å². The molecular formula is C34H42O8. The molecule has 0 saturated heterocycles. The molecule has 3 aromatic rings. The average molecular weight is 579 g/mol. The Kier molecular flexibility index (Phi) is 12.4. The summed E-state index contributed by atoms with van der Waals surface area (Å²) in [4.78, 5) is 23.6. The highest BCUT2D eigenvalue weighted by atomic mass is 16.6. The number of hydrogen-bond acceptors (Lipinski definition) is 8. The summed E-state index contributed by atoms with van der Waals surface area (Å²) in [6, 6.07) is 13.9. The lowest BCUT2D eigenvalue weighted by Gasteiger charge is -2.23. The molecule has 0 saturated carbocycles. The van der Waals surface area contributed by atoms with Crippen LogP contribution in [0.25, 0.3) is 21.5 Å². The zero-order valence-electron chi connectivity index (χ0n) is 25.3. The number of aryl methyl sites for hydroxylation is 1. The van der Waals surface area contributed by atoms with Gasteiger partial charge in [0.25, 0.3) is 0 Å². The molecule has 0 radical (unpaired) electrons. The van der Waals surface area contributed by atoms with Gasteiger partial charge in [-0.15, -0.1) is 0 Å². The van der Waals surface area contributed by atoms with E-state index in [0.717, 1.165) is 44.7 Å². The number of ether oxygens (including phenoxy) is 6. The van der Waals surface area contributed by atoms with E-state index in [0.29, 0.717) is 24.7 Å². The van der Waals surface area contributed by atoms with E-state index in [1.54, 1.807) is 0 Å². The van der Waals surface area contributed by atoms with E-state index in [1.807, 2.05) is 44.2 Å². The lowest BCUT2D eigenvalue weighted by atomic mass is 9.98. The molecular weight excluding hydrogens is 536 g/mol. The van der Waals surface area contributed by atoms with Crippen LogP contribution in [-0.2, 0) is 35.0 Å². The number of fused-ring (bicyclic) bond motifs is 2. The number of rotatable bonds is 17. The van der Waals surface area contributed by atoms with Gasteiger partial charge in [0, 0.05) is 35.4 Å². The third kappa shape index (κ3) is 9.60. The topological polar surface area (TPSA) is 89.5 Å². The quantitative estimate of drug-likeness (QED) is 0.104. The van der Waals surface area contributed by atoms with E-state index in [9.17, 15) is 9.59 Å². The van der Waals surface area contributed by atoms with Gasteiger partial charge in [0.2, 0.25) is 0 Å². The van der Waals surface area contributed by atoms with Crippen LogP contribution in [-0.4, -0.2) is 63.8 Å². The first-order chi connectivity index (χ1) is 20.1. The fourth-order valence-electron chi connectivity index (χ4n) is 4.46. The fraction of sp³-hybridized carbons (Fsp3) is 0.412. The fourth-order valence-corrected chi connectivity index (χ4v) is 4.46. The summed E-state index contributed by atoms with van der Waals surface area (Å²) in [6.45, 7) is 17.5. The Bertz CT molecular complexity index is 1410. The van der Waals surface area contributed by atoms with Gasteiger partial charge in [-0.25, -0.2) is 0 Å². The van der Waals surface area contributed by atoms with Gasteiger partial charge >= 0.3 is 11.9 Å². The minimum atomic E-state index is -0.607. The third-order valence-electron chi connectivity index (χ3n) is 6.19. The molecule has 0 aromatic heterocycles. The maximum atomic E-state index is 11.8. The van der Waals surface area contributed by atoms with Crippen molar-refractivity contribution in [1.29, 1.82) is 0 Å². The molecule has 2 unspecified atom stereocenters. The second-order valence-electron chi connectivity index (χ2n) is 10.5. The molecule has 0 N–H and O–H groups in total. The van der Waals surface area contributed by atoms with Gasteiger partial charge in [-0.1, -0.05) is 67.6 Å². The molecule has 8 nitrogen and oxygen atoms in total. The first-order valence-corrected chi connectivity index (χ1v) is 14.1. The zero-order chi connectivity index (χ0) is 30.6. The van der Waals surface area contributed by atoms with Crippen LogP contribution in [0.5, 0.6) is 11.5 Å². The number of benzene rings is 3. The Hall–Kier alpha value is -3.88. The van der Waals surface area contributed by atoms with Gasteiger partial charge in [-0.05, 0) is 31.9 Å². The van der Waals surface area contributed by atoms with Gasteiger partial charge in [-0.3, -0.25) is 9.59 Å². The number of hydrogen-bond donors (Lipinski definition) is 0. The third-order valence-corrected chi connectivity index (χ3v) is 6.19. The van der Waals surface area contributed by atoms with Gasteiger partial charge < -0.3 is 28.4 Å². The highest BCUT2D eigenvalue weighted by molar-refractivity contribution is 6.11. The van der Waals surface area contributed by atoms with E-state index in [1.165, 1.54) is 13.8 Å². The van der Waals surface area contributed by atoms with Gasteiger partial charge in [0.1, 0.15) is 24.7 Å². The maximum absolute atomic E-state index is 11.8. The number of carbonyl (C=O) groups is 2. The lowest BCUT2D eigenvalue weighted by molar-refractivity contribution is -0.152. The normalized spacial score (nSPS) is 12.5. The maximum Gasteiger partial charge on any atom is 0.303 e. The van der Waals surface area contributed by atoms with Crippen LogP contribution in [0.1, 0.15) is 40.2 Å². The van der Waals surface area contributed by atoms with Crippen molar-refractivity contribution >= 4 is 33.5 Å². The Morgan fingerprint density at radius 3 is 1.55 bits per heavy atom. The molecule has 2 atom stereocenters.